The van der Waals surface area contributed by atoms with E-state index in [1.807, 2.05) is 24.3 Å². The predicted molar refractivity (Wildman–Crippen MR) is 112 cm³/mol. The van der Waals surface area contributed by atoms with E-state index in [0.717, 1.165) is 37.0 Å². The number of hydrogen-bond acceptors (Lipinski definition) is 5. The van der Waals surface area contributed by atoms with Crippen molar-refractivity contribution < 1.29 is 22.7 Å². The monoisotopic (exact) mass is 430 g/mol. The Labute approximate surface area is 177 Å². The topological polar surface area (TPSA) is 84.9 Å². The van der Waals surface area contributed by atoms with Crippen molar-refractivity contribution in [2.75, 3.05) is 20.8 Å². The molecule has 1 amide bonds. The fourth-order valence-corrected chi connectivity index (χ4v) is 5.37. The van der Waals surface area contributed by atoms with Crippen molar-refractivity contribution in [2.24, 2.45) is 0 Å². The molecule has 2 aliphatic rings. The molecule has 7 nitrogen and oxygen atoms in total. The van der Waals surface area contributed by atoms with Crippen LogP contribution < -0.4 is 14.2 Å². The van der Waals surface area contributed by atoms with Crippen LogP contribution in [0.4, 0.5) is 0 Å². The van der Waals surface area contributed by atoms with E-state index in [9.17, 15) is 13.2 Å². The number of ether oxygens (including phenoxy) is 2. The van der Waals surface area contributed by atoms with Gasteiger partial charge in [-0.25, -0.2) is 13.1 Å². The summed E-state index contributed by atoms with van der Waals surface area (Å²) in [6, 6.07) is 12.2. The smallest absolute Gasteiger partial charge is 0.254 e. The molecule has 8 heteroatoms. The number of carbonyl (C=O) groups is 1. The Bertz CT molecular complexity index is 1050. The molecule has 1 saturated heterocycles. The first-order chi connectivity index (χ1) is 14.4. The Kier molecular flexibility index (Phi) is 5.71. The number of nitrogens with zero attached hydrogens (tertiary/aromatic N) is 1. The van der Waals surface area contributed by atoms with E-state index in [1.165, 1.54) is 13.2 Å². The third-order valence-corrected chi connectivity index (χ3v) is 7.13. The number of likely N-dealkylation sites (tertiary alicyclic amines) is 1. The molecule has 1 saturated carbocycles. The number of amides is 1. The van der Waals surface area contributed by atoms with E-state index in [4.69, 9.17) is 9.47 Å². The number of carbonyl (C=O) groups excluding carboxylic acids is 1. The molecule has 1 atom stereocenters. The van der Waals surface area contributed by atoms with Gasteiger partial charge >= 0.3 is 0 Å². The first-order valence-electron chi connectivity index (χ1n) is 10.1. The van der Waals surface area contributed by atoms with Crippen LogP contribution in [0.15, 0.2) is 47.4 Å². The lowest BCUT2D eigenvalue weighted by molar-refractivity contribution is 0.0735. The van der Waals surface area contributed by atoms with Gasteiger partial charge in [-0.2, -0.15) is 0 Å². The zero-order valence-corrected chi connectivity index (χ0v) is 17.9. The van der Waals surface area contributed by atoms with Crippen LogP contribution in [0.25, 0.3) is 0 Å². The van der Waals surface area contributed by atoms with Gasteiger partial charge in [0, 0.05) is 18.2 Å². The van der Waals surface area contributed by atoms with Crippen LogP contribution in [0.2, 0.25) is 0 Å². The van der Waals surface area contributed by atoms with Gasteiger partial charge in [0.1, 0.15) is 16.4 Å². The zero-order chi connectivity index (χ0) is 21.3. The molecular formula is C22H26N2O5S. The third kappa shape index (κ3) is 4.15. The molecular weight excluding hydrogens is 404 g/mol. The summed E-state index contributed by atoms with van der Waals surface area (Å²) in [6.45, 7) is 0.620. The van der Waals surface area contributed by atoms with Crippen molar-refractivity contribution in [1.82, 2.24) is 9.62 Å². The minimum Gasteiger partial charge on any atom is -0.497 e. The van der Waals surface area contributed by atoms with Crippen molar-refractivity contribution in [3.63, 3.8) is 0 Å². The van der Waals surface area contributed by atoms with E-state index < -0.39 is 10.0 Å². The normalized spacial score (nSPS) is 19.0. The summed E-state index contributed by atoms with van der Waals surface area (Å²) in [5.41, 5.74) is 1.35. The van der Waals surface area contributed by atoms with Crippen molar-refractivity contribution in [2.45, 2.75) is 42.7 Å². The number of benzene rings is 2. The van der Waals surface area contributed by atoms with E-state index >= 15 is 0 Å². The fourth-order valence-electron chi connectivity index (χ4n) is 3.87. The van der Waals surface area contributed by atoms with Crippen LogP contribution in [-0.2, 0) is 10.0 Å². The van der Waals surface area contributed by atoms with Gasteiger partial charge in [-0.05, 0) is 61.6 Å². The average Bonchev–Trinajstić information content (AvgIpc) is 3.42. The molecule has 1 aliphatic carbocycles. The van der Waals surface area contributed by atoms with E-state index in [1.54, 1.807) is 24.1 Å². The molecule has 1 aliphatic heterocycles. The van der Waals surface area contributed by atoms with Crippen molar-refractivity contribution in [3.05, 3.63) is 53.6 Å². The molecule has 2 aromatic rings. The third-order valence-electron chi connectivity index (χ3n) is 5.59. The largest absolute Gasteiger partial charge is 0.497 e. The first kappa shape index (κ1) is 20.7. The molecule has 0 bridgehead atoms. The number of hydrogen-bond donors (Lipinski definition) is 1. The summed E-state index contributed by atoms with van der Waals surface area (Å²) >= 11 is 0. The lowest BCUT2D eigenvalue weighted by Crippen LogP contribution is -2.31. The minimum atomic E-state index is -3.76. The maximum Gasteiger partial charge on any atom is 0.254 e. The summed E-state index contributed by atoms with van der Waals surface area (Å²) in [5, 5.41) is 0. The lowest BCUT2D eigenvalue weighted by Gasteiger charge is -2.26. The summed E-state index contributed by atoms with van der Waals surface area (Å²) < 4.78 is 38.8. The van der Waals surface area contributed by atoms with Crippen LogP contribution in [0.3, 0.4) is 0 Å². The van der Waals surface area contributed by atoms with Gasteiger partial charge in [0.25, 0.3) is 5.91 Å². The van der Waals surface area contributed by atoms with Crippen molar-refractivity contribution in [1.29, 1.82) is 0 Å². The Morgan fingerprint density at radius 2 is 1.87 bits per heavy atom. The van der Waals surface area contributed by atoms with Crippen LogP contribution in [0.1, 0.15) is 47.6 Å². The summed E-state index contributed by atoms with van der Waals surface area (Å²) in [4.78, 5) is 15.1. The number of methoxy groups -OCH3 is 2. The SMILES string of the molecule is COc1cccc(C2CCCN2C(=O)c2ccc(OC)c(S(=O)(=O)NC3CC3)c2)c1. The van der Waals surface area contributed by atoms with E-state index in [-0.39, 0.29) is 28.6 Å². The highest BCUT2D eigenvalue weighted by Gasteiger charge is 2.33. The second-order valence-electron chi connectivity index (χ2n) is 7.69. The number of sulfonamides is 1. The zero-order valence-electron chi connectivity index (χ0n) is 17.1. The quantitative estimate of drug-likeness (QED) is 0.730. The van der Waals surface area contributed by atoms with Crippen LogP contribution in [0, 0.1) is 0 Å². The molecule has 2 aromatic carbocycles. The summed E-state index contributed by atoms with van der Waals surface area (Å²) in [7, 11) is -0.717. The van der Waals surface area contributed by atoms with Crippen LogP contribution in [0.5, 0.6) is 11.5 Å². The standard InChI is InChI=1S/C22H26N2O5S/c1-28-18-6-3-5-15(13-18)19-7-4-12-24(19)22(25)16-8-11-20(29-2)21(14-16)30(26,27)23-17-9-10-17/h3,5-6,8,11,13-14,17,19,23H,4,7,9-10,12H2,1-2H3. The molecule has 30 heavy (non-hydrogen) atoms. The van der Waals surface area contributed by atoms with Crippen molar-refractivity contribution >= 4 is 15.9 Å². The lowest BCUT2D eigenvalue weighted by atomic mass is 10.0. The number of nitrogens with one attached hydrogen (secondary N) is 1. The molecule has 160 valence electrons. The van der Waals surface area contributed by atoms with E-state index in [0.29, 0.717) is 12.1 Å². The molecule has 4 rings (SSSR count). The van der Waals surface area contributed by atoms with Gasteiger partial charge in [0.15, 0.2) is 0 Å². The van der Waals surface area contributed by atoms with E-state index in [2.05, 4.69) is 4.72 Å². The molecule has 0 spiro atoms. The summed E-state index contributed by atoms with van der Waals surface area (Å²) in [5.74, 6) is 0.784. The fraction of sp³-hybridized carbons (Fsp3) is 0.409. The van der Waals surface area contributed by atoms with Gasteiger partial charge in [-0.1, -0.05) is 12.1 Å². The van der Waals surface area contributed by atoms with Crippen LogP contribution >= 0.6 is 0 Å². The van der Waals surface area contributed by atoms with Gasteiger partial charge in [-0.3, -0.25) is 4.79 Å². The Morgan fingerprint density at radius 3 is 2.57 bits per heavy atom. The molecule has 1 unspecified atom stereocenters. The van der Waals surface area contributed by atoms with Gasteiger partial charge in [0.05, 0.1) is 20.3 Å². The second kappa shape index (κ2) is 8.28. The maximum absolute atomic E-state index is 13.3. The second-order valence-corrected chi connectivity index (χ2v) is 9.38. The minimum absolute atomic E-state index is 0.000114. The average molecular weight is 431 g/mol. The highest BCUT2D eigenvalue weighted by molar-refractivity contribution is 7.89. The maximum atomic E-state index is 13.3. The number of rotatable bonds is 7. The molecule has 1 heterocycles. The highest BCUT2D eigenvalue weighted by Crippen LogP contribution is 2.35. The highest BCUT2D eigenvalue weighted by atomic mass is 32.2. The Balaban J connectivity index is 1.64. The Morgan fingerprint density at radius 1 is 1.07 bits per heavy atom. The van der Waals surface area contributed by atoms with Gasteiger partial charge in [-0.15, -0.1) is 0 Å². The van der Waals surface area contributed by atoms with Crippen LogP contribution in [-0.4, -0.2) is 46.0 Å². The molecule has 2 fully saturated rings. The molecule has 0 aromatic heterocycles. The predicted octanol–water partition coefficient (Wildman–Crippen LogP) is 3.12. The molecule has 1 N–H and O–H groups in total. The first-order valence-corrected chi connectivity index (χ1v) is 11.6. The Hall–Kier alpha value is -2.58. The summed E-state index contributed by atoms with van der Waals surface area (Å²) in [6.07, 6.45) is 3.40. The molecule has 0 radical (unpaired) electrons. The van der Waals surface area contributed by atoms with Crippen molar-refractivity contribution in [3.8, 4) is 11.5 Å². The van der Waals surface area contributed by atoms with Gasteiger partial charge in [0.2, 0.25) is 10.0 Å². The van der Waals surface area contributed by atoms with Gasteiger partial charge < -0.3 is 14.4 Å².